The van der Waals surface area contributed by atoms with Crippen LogP contribution in [0.5, 0.6) is 11.5 Å². The summed E-state index contributed by atoms with van der Waals surface area (Å²) in [7, 11) is 0. The third-order valence-electron chi connectivity index (χ3n) is 3.99. The first-order valence-corrected chi connectivity index (χ1v) is 7.65. The number of esters is 1. The van der Waals surface area contributed by atoms with E-state index in [1.807, 2.05) is 0 Å². The lowest BCUT2D eigenvalue weighted by Crippen LogP contribution is -2.41. The third-order valence-corrected chi connectivity index (χ3v) is 3.99. The molecule has 2 amide bonds. The average molecular weight is 339 g/mol. The largest absolute Gasteiger partial charge is 0.485 e. The fourth-order valence-corrected chi connectivity index (χ4v) is 2.71. The van der Waals surface area contributed by atoms with Gasteiger partial charge in [-0.15, -0.1) is 0 Å². The molecule has 0 fully saturated rings. The van der Waals surface area contributed by atoms with Gasteiger partial charge in [-0.05, 0) is 24.3 Å². The minimum atomic E-state index is -0.954. The molecular formula is C18H13NO6. The number of hydrogen-bond acceptors (Lipinski definition) is 6. The molecule has 0 aromatic heterocycles. The van der Waals surface area contributed by atoms with Crippen LogP contribution in [0.15, 0.2) is 48.5 Å². The van der Waals surface area contributed by atoms with Crippen molar-refractivity contribution in [2.45, 2.75) is 6.10 Å². The van der Waals surface area contributed by atoms with E-state index in [1.54, 1.807) is 48.5 Å². The molecule has 0 bridgehead atoms. The number of para-hydroxylation sites is 2. The van der Waals surface area contributed by atoms with Crippen LogP contribution in [-0.4, -0.2) is 42.1 Å². The summed E-state index contributed by atoms with van der Waals surface area (Å²) in [6, 6.07) is 13.4. The number of carbonyl (C=O) groups excluding carboxylic acids is 3. The highest BCUT2D eigenvalue weighted by molar-refractivity contribution is 6.21. The van der Waals surface area contributed by atoms with Gasteiger partial charge in [-0.1, -0.05) is 24.3 Å². The Balaban J connectivity index is 1.40. The van der Waals surface area contributed by atoms with Gasteiger partial charge in [0.15, 0.2) is 18.2 Å². The molecule has 2 aromatic rings. The molecule has 2 aliphatic heterocycles. The summed E-state index contributed by atoms with van der Waals surface area (Å²) in [4.78, 5) is 37.5. The maximum absolute atomic E-state index is 12.2. The van der Waals surface area contributed by atoms with Gasteiger partial charge in [0.05, 0.1) is 11.1 Å². The normalized spacial score (nSPS) is 18.1. The van der Waals surface area contributed by atoms with Crippen LogP contribution in [0.4, 0.5) is 0 Å². The van der Waals surface area contributed by atoms with Gasteiger partial charge in [0.25, 0.3) is 11.8 Å². The molecule has 2 aromatic carbocycles. The van der Waals surface area contributed by atoms with Crippen molar-refractivity contribution in [2.24, 2.45) is 0 Å². The lowest BCUT2D eigenvalue weighted by atomic mass is 10.1. The van der Waals surface area contributed by atoms with E-state index in [2.05, 4.69) is 0 Å². The summed E-state index contributed by atoms with van der Waals surface area (Å²) < 4.78 is 16.1. The second-order valence-corrected chi connectivity index (χ2v) is 5.54. The molecule has 4 rings (SSSR count). The second kappa shape index (κ2) is 5.94. The van der Waals surface area contributed by atoms with Crippen LogP contribution in [0, 0.1) is 0 Å². The average Bonchev–Trinajstić information content (AvgIpc) is 2.90. The first-order valence-electron chi connectivity index (χ1n) is 7.65. The van der Waals surface area contributed by atoms with E-state index in [0.29, 0.717) is 22.6 Å². The van der Waals surface area contributed by atoms with Crippen LogP contribution < -0.4 is 9.47 Å². The number of amides is 2. The zero-order valence-electron chi connectivity index (χ0n) is 13.0. The van der Waals surface area contributed by atoms with Gasteiger partial charge in [0.1, 0.15) is 6.61 Å². The van der Waals surface area contributed by atoms with Crippen LogP contribution in [0.3, 0.4) is 0 Å². The summed E-state index contributed by atoms with van der Waals surface area (Å²) in [5.41, 5.74) is 0.601. The lowest BCUT2D eigenvalue weighted by molar-refractivity contribution is -0.157. The van der Waals surface area contributed by atoms with Gasteiger partial charge in [0.2, 0.25) is 6.10 Å². The monoisotopic (exact) mass is 339 g/mol. The number of nitrogens with zero attached hydrogens (tertiary/aromatic N) is 1. The van der Waals surface area contributed by atoms with Crippen LogP contribution in [0.2, 0.25) is 0 Å². The van der Waals surface area contributed by atoms with Gasteiger partial charge in [-0.3, -0.25) is 9.59 Å². The summed E-state index contributed by atoms with van der Waals surface area (Å²) in [5, 5.41) is 0. The van der Waals surface area contributed by atoms with Crippen molar-refractivity contribution in [3.63, 3.8) is 0 Å². The molecular weight excluding hydrogens is 326 g/mol. The first-order chi connectivity index (χ1) is 12.1. The minimum absolute atomic E-state index is 0.00202. The number of carbonyl (C=O) groups is 3. The van der Waals surface area contributed by atoms with Crippen molar-refractivity contribution >= 4 is 17.8 Å². The predicted molar refractivity (Wildman–Crippen MR) is 84.3 cm³/mol. The molecule has 0 saturated heterocycles. The first kappa shape index (κ1) is 15.2. The van der Waals surface area contributed by atoms with E-state index < -0.39 is 30.6 Å². The Morgan fingerprint density at radius 3 is 2.28 bits per heavy atom. The highest BCUT2D eigenvalue weighted by Crippen LogP contribution is 2.31. The van der Waals surface area contributed by atoms with E-state index >= 15 is 0 Å². The maximum atomic E-state index is 12.2. The van der Waals surface area contributed by atoms with E-state index in [-0.39, 0.29) is 6.61 Å². The molecule has 2 heterocycles. The Labute approximate surface area is 142 Å². The molecule has 1 atom stereocenters. The fraction of sp³-hybridized carbons (Fsp3) is 0.167. The number of ether oxygens (including phenoxy) is 3. The van der Waals surface area contributed by atoms with Crippen molar-refractivity contribution < 1.29 is 28.6 Å². The molecule has 7 heteroatoms. The van der Waals surface area contributed by atoms with Gasteiger partial charge in [-0.2, -0.15) is 0 Å². The summed E-state index contributed by atoms with van der Waals surface area (Å²) >= 11 is 0. The molecule has 2 aliphatic rings. The number of fused-ring (bicyclic) bond motifs is 2. The van der Waals surface area contributed by atoms with Crippen molar-refractivity contribution in [1.29, 1.82) is 0 Å². The molecule has 7 nitrogen and oxygen atoms in total. The number of benzene rings is 2. The number of rotatable bonds is 3. The summed E-state index contributed by atoms with van der Waals surface area (Å²) in [5.74, 6) is -0.687. The summed E-state index contributed by atoms with van der Waals surface area (Å²) in [6.45, 7) is -0.468. The number of imide groups is 1. The van der Waals surface area contributed by atoms with Gasteiger partial charge >= 0.3 is 5.97 Å². The predicted octanol–water partition coefficient (Wildman–Crippen LogP) is 1.62. The smallest absolute Gasteiger partial charge is 0.352 e. The van der Waals surface area contributed by atoms with Gasteiger partial charge in [-0.25, -0.2) is 9.69 Å². The highest BCUT2D eigenvalue weighted by Gasteiger charge is 2.37. The molecule has 0 spiro atoms. The van der Waals surface area contributed by atoms with Crippen LogP contribution in [0.25, 0.3) is 0 Å². The SMILES string of the molecule is O=C(OCN1C(=O)c2ccccc2C1=O)[C@@H]1COc2ccccc2O1. The molecule has 25 heavy (non-hydrogen) atoms. The molecule has 0 saturated carbocycles. The third kappa shape index (κ3) is 2.59. The van der Waals surface area contributed by atoms with Crippen LogP contribution in [-0.2, 0) is 9.53 Å². The topological polar surface area (TPSA) is 82.1 Å². The Kier molecular flexibility index (Phi) is 3.61. The Morgan fingerprint density at radius 2 is 1.60 bits per heavy atom. The second-order valence-electron chi connectivity index (χ2n) is 5.54. The van der Waals surface area contributed by atoms with Crippen molar-refractivity contribution in [3.8, 4) is 11.5 Å². The molecule has 0 aliphatic carbocycles. The molecule has 0 N–H and O–H groups in total. The highest BCUT2D eigenvalue weighted by atomic mass is 16.6. The molecule has 126 valence electrons. The van der Waals surface area contributed by atoms with Crippen molar-refractivity contribution in [1.82, 2.24) is 4.90 Å². The fourth-order valence-electron chi connectivity index (χ4n) is 2.71. The van der Waals surface area contributed by atoms with E-state index in [0.717, 1.165) is 4.90 Å². The maximum Gasteiger partial charge on any atom is 0.352 e. The van der Waals surface area contributed by atoms with Crippen LogP contribution >= 0.6 is 0 Å². The van der Waals surface area contributed by atoms with E-state index in [1.165, 1.54) is 0 Å². The number of hydrogen-bond donors (Lipinski definition) is 0. The van der Waals surface area contributed by atoms with E-state index in [9.17, 15) is 14.4 Å². The minimum Gasteiger partial charge on any atom is -0.485 e. The lowest BCUT2D eigenvalue weighted by Gasteiger charge is -2.25. The van der Waals surface area contributed by atoms with Crippen molar-refractivity contribution in [3.05, 3.63) is 59.7 Å². The van der Waals surface area contributed by atoms with Gasteiger partial charge in [0, 0.05) is 0 Å². The zero-order chi connectivity index (χ0) is 17.4. The van der Waals surface area contributed by atoms with Crippen LogP contribution in [0.1, 0.15) is 20.7 Å². The Hall–Kier alpha value is -3.35. The Morgan fingerprint density at radius 1 is 1.00 bits per heavy atom. The van der Waals surface area contributed by atoms with Crippen molar-refractivity contribution in [2.75, 3.05) is 13.3 Å². The Bertz CT molecular complexity index is 842. The standard InChI is InChI=1S/C18H13NO6/c20-16-11-5-1-2-6-12(11)17(21)19(16)10-24-18(22)15-9-23-13-7-3-4-8-14(13)25-15/h1-8,15H,9-10H2/t15-/m0/s1. The zero-order valence-corrected chi connectivity index (χ0v) is 13.0. The molecule has 0 radical (unpaired) electrons. The van der Waals surface area contributed by atoms with E-state index in [4.69, 9.17) is 14.2 Å². The quantitative estimate of drug-likeness (QED) is 0.624. The van der Waals surface area contributed by atoms with Gasteiger partial charge < -0.3 is 14.2 Å². The molecule has 0 unspecified atom stereocenters. The summed E-state index contributed by atoms with van der Waals surface area (Å²) in [6.07, 6.45) is -0.954.